The Morgan fingerprint density at radius 3 is 2.57 bits per heavy atom. The molecule has 0 saturated heterocycles. The lowest BCUT2D eigenvalue weighted by molar-refractivity contribution is 0.0695. The number of aryl methyl sites for hydroxylation is 2. The van der Waals surface area contributed by atoms with E-state index in [-0.39, 0.29) is 17.8 Å². The Balaban J connectivity index is 2.20. The molecule has 1 N–H and O–H groups in total. The zero-order chi connectivity index (χ0) is 15.1. The molecule has 7 nitrogen and oxygen atoms in total. The van der Waals surface area contributed by atoms with Gasteiger partial charge in [-0.1, -0.05) is 12.1 Å². The normalized spacial score (nSPS) is 11.1. The molecule has 0 aliphatic rings. The van der Waals surface area contributed by atoms with Gasteiger partial charge in [0.1, 0.15) is 5.56 Å². The zero-order valence-corrected chi connectivity index (χ0v) is 11.6. The fourth-order valence-corrected chi connectivity index (χ4v) is 2.49. The van der Waals surface area contributed by atoms with Gasteiger partial charge in [-0.3, -0.25) is 13.8 Å². The summed E-state index contributed by atoms with van der Waals surface area (Å²) in [4.78, 5) is 23.6. The van der Waals surface area contributed by atoms with Crippen LogP contribution in [0.2, 0.25) is 0 Å². The van der Waals surface area contributed by atoms with E-state index in [9.17, 15) is 14.7 Å². The summed E-state index contributed by atoms with van der Waals surface area (Å²) < 4.78 is 4.59. The summed E-state index contributed by atoms with van der Waals surface area (Å²) >= 11 is 0. The van der Waals surface area contributed by atoms with Crippen LogP contribution < -0.4 is 5.69 Å². The number of carboxylic acids is 1. The number of aromatic carboxylic acids is 1. The summed E-state index contributed by atoms with van der Waals surface area (Å²) in [6.07, 6.45) is 1.30. The predicted octanol–water partition coefficient (Wildman–Crippen LogP) is 0.820. The molecule has 0 radical (unpaired) electrons. The number of hydrogen-bond acceptors (Lipinski definition) is 3. The highest BCUT2D eigenvalue weighted by molar-refractivity contribution is 5.88. The molecule has 0 spiro atoms. The van der Waals surface area contributed by atoms with E-state index >= 15 is 0 Å². The van der Waals surface area contributed by atoms with Gasteiger partial charge in [-0.05, 0) is 12.1 Å². The Morgan fingerprint density at radius 2 is 1.90 bits per heavy atom. The van der Waals surface area contributed by atoms with Gasteiger partial charge in [0.25, 0.3) is 0 Å². The smallest absolute Gasteiger partial charge is 0.339 e. The molecule has 0 saturated carbocycles. The molecule has 108 valence electrons. The van der Waals surface area contributed by atoms with Crippen molar-refractivity contribution in [3.8, 4) is 0 Å². The minimum absolute atomic E-state index is 0.109. The van der Waals surface area contributed by atoms with Crippen LogP contribution in [0.1, 0.15) is 16.1 Å². The number of fused-ring (bicyclic) bond motifs is 1. The molecular weight excluding hydrogens is 272 g/mol. The molecule has 0 aliphatic heterocycles. The van der Waals surface area contributed by atoms with Crippen LogP contribution in [0.3, 0.4) is 0 Å². The molecule has 0 fully saturated rings. The quantitative estimate of drug-likeness (QED) is 0.773. The monoisotopic (exact) mass is 286 g/mol. The minimum Gasteiger partial charge on any atom is -0.478 e. The van der Waals surface area contributed by atoms with Crippen LogP contribution in [-0.2, 0) is 20.6 Å². The second-order valence-electron chi connectivity index (χ2n) is 4.85. The Morgan fingerprint density at radius 1 is 1.24 bits per heavy atom. The number of carbonyl (C=O) groups is 1. The van der Waals surface area contributed by atoms with Gasteiger partial charge in [0.15, 0.2) is 0 Å². The van der Waals surface area contributed by atoms with Gasteiger partial charge >= 0.3 is 11.7 Å². The largest absolute Gasteiger partial charge is 0.478 e. The third-order valence-corrected chi connectivity index (χ3v) is 3.65. The van der Waals surface area contributed by atoms with E-state index in [0.717, 1.165) is 11.0 Å². The molecule has 7 heteroatoms. The molecular formula is C14H14N4O3. The molecule has 2 aromatic heterocycles. The Kier molecular flexibility index (Phi) is 2.90. The molecule has 0 unspecified atom stereocenters. The van der Waals surface area contributed by atoms with Gasteiger partial charge < -0.3 is 5.11 Å². The molecule has 2 heterocycles. The van der Waals surface area contributed by atoms with Crippen molar-refractivity contribution in [3.05, 3.63) is 52.2 Å². The fraction of sp³-hybridized carbons (Fsp3) is 0.214. The van der Waals surface area contributed by atoms with E-state index in [1.54, 1.807) is 23.2 Å². The third kappa shape index (κ3) is 1.94. The number of nitrogens with zero attached hydrogens (tertiary/aromatic N) is 4. The molecule has 3 rings (SSSR count). The van der Waals surface area contributed by atoms with Gasteiger partial charge in [-0.2, -0.15) is 5.10 Å². The van der Waals surface area contributed by atoms with Gasteiger partial charge in [0.05, 0.1) is 29.5 Å². The van der Waals surface area contributed by atoms with Crippen molar-refractivity contribution >= 4 is 17.0 Å². The molecule has 0 bridgehead atoms. The number of para-hydroxylation sites is 2. The first-order valence-electron chi connectivity index (χ1n) is 6.39. The van der Waals surface area contributed by atoms with Gasteiger partial charge in [0.2, 0.25) is 0 Å². The van der Waals surface area contributed by atoms with Crippen LogP contribution in [0.4, 0.5) is 0 Å². The first kappa shape index (κ1) is 13.2. The average molecular weight is 286 g/mol. The topological polar surface area (TPSA) is 82.1 Å². The van der Waals surface area contributed by atoms with Crippen molar-refractivity contribution in [2.45, 2.75) is 6.54 Å². The first-order valence-corrected chi connectivity index (χ1v) is 6.39. The van der Waals surface area contributed by atoms with E-state index in [4.69, 9.17) is 0 Å². The third-order valence-electron chi connectivity index (χ3n) is 3.65. The second kappa shape index (κ2) is 4.62. The summed E-state index contributed by atoms with van der Waals surface area (Å²) in [6.45, 7) is 0.165. The predicted molar refractivity (Wildman–Crippen MR) is 76.4 cm³/mol. The van der Waals surface area contributed by atoms with E-state index in [0.29, 0.717) is 5.69 Å². The van der Waals surface area contributed by atoms with Crippen molar-refractivity contribution in [3.63, 3.8) is 0 Å². The molecule has 21 heavy (non-hydrogen) atoms. The number of hydrogen-bond donors (Lipinski definition) is 1. The van der Waals surface area contributed by atoms with E-state index in [2.05, 4.69) is 5.10 Å². The number of rotatable bonds is 3. The van der Waals surface area contributed by atoms with Gasteiger partial charge in [-0.25, -0.2) is 9.59 Å². The van der Waals surface area contributed by atoms with Crippen LogP contribution >= 0.6 is 0 Å². The number of aromatic nitrogens is 4. The number of benzene rings is 1. The van der Waals surface area contributed by atoms with Crippen LogP contribution in [0.15, 0.2) is 35.3 Å². The highest BCUT2D eigenvalue weighted by atomic mass is 16.4. The van der Waals surface area contributed by atoms with Crippen LogP contribution in [0.25, 0.3) is 11.0 Å². The maximum absolute atomic E-state index is 12.4. The lowest BCUT2D eigenvalue weighted by Crippen LogP contribution is -2.24. The Hall–Kier alpha value is -2.83. The van der Waals surface area contributed by atoms with E-state index < -0.39 is 5.97 Å². The lowest BCUT2D eigenvalue weighted by atomic mass is 10.2. The molecule has 3 aromatic rings. The lowest BCUT2D eigenvalue weighted by Gasteiger charge is -2.05. The maximum Gasteiger partial charge on any atom is 0.339 e. The van der Waals surface area contributed by atoms with Crippen LogP contribution in [-0.4, -0.2) is 30.0 Å². The standard InChI is InChI=1S/C14H14N4O3/c1-16-10-5-3-4-6-11(10)18(14(16)21)8-12-9(13(19)20)7-15-17(12)2/h3-7H,8H2,1-2H3,(H,19,20). The van der Waals surface area contributed by atoms with Crippen molar-refractivity contribution in [1.82, 2.24) is 18.9 Å². The molecule has 0 amide bonds. The zero-order valence-electron chi connectivity index (χ0n) is 11.6. The van der Waals surface area contributed by atoms with Crippen LogP contribution in [0.5, 0.6) is 0 Å². The fourth-order valence-electron chi connectivity index (χ4n) is 2.49. The molecule has 0 atom stereocenters. The Bertz CT molecular complexity index is 901. The summed E-state index contributed by atoms with van der Waals surface area (Å²) in [5.41, 5.74) is 1.98. The first-order chi connectivity index (χ1) is 10.0. The molecule has 0 aliphatic carbocycles. The van der Waals surface area contributed by atoms with Crippen molar-refractivity contribution in [1.29, 1.82) is 0 Å². The van der Waals surface area contributed by atoms with Gasteiger partial charge in [-0.15, -0.1) is 0 Å². The van der Waals surface area contributed by atoms with Crippen molar-refractivity contribution in [2.24, 2.45) is 14.1 Å². The van der Waals surface area contributed by atoms with Gasteiger partial charge in [0, 0.05) is 14.1 Å². The second-order valence-corrected chi connectivity index (χ2v) is 4.85. The number of carboxylic acid groups (broad SMARTS) is 1. The maximum atomic E-state index is 12.4. The van der Waals surface area contributed by atoms with Crippen molar-refractivity contribution in [2.75, 3.05) is 0 Å². The van der Waals surface area contributed by atoms with Crippen LogP contribution in [0, 0.1) is 0 Å². The summed E-state index contributed by atoms with van der Waals surface area (Å²) in [6, 6.07) is 7.40. The minimum atomic E-state index is -1.05. The highest BCUT2D eigenvalue weighted by Crippen LogP contribution is 2.15. The van der Waals surface area contributed by atoms with Crippen molar-refractivity contribution < 1.29 is 9.90 Å². The average Bonchev–Trinajstić information content (AvgIpc) is 2.94. The summed E-state index contributed by atoms with van der Waals surface area (Å²) in [7, 11) is 3.36. The summed E-state index contributed by atoms with van der Waals surface area (Å²) in [5.74, 6) is -1.05. The highest BCUT2D eigenvalue weighted by Gasteiger charge is 2.18. The SMILES string of the molecule is Cn1ncc(C(=O)O)c1Cn1c(=O)n(C)c2ccccc21. The van der Waals surface area contributed by atoms with E-state index in [1.165, 1.54) is 10.9 Å². The Labute approximate surface area is 119 Å². The summed E-state index contributed by atoms with van der Waals surface area (Å²) in [5, 5.41) is 13.2. The van der Waals surface area contributed by atoms with E-state index in [1.807, 2.05) is 24.3 Å². The number of imidazole rings is 1. The molecule has 1 aromatic carbocycles.